The molecule has 2 atom stereocenters. The maximum absolute atomic E-state index is 13.7. The Morgan fingerprint density at radius 2 is 1.49 bits per heavy atom. The van der Waals surface area contributed by atoms with Crippen molar-refractivity contribution < 1.29 is 42.0 Å². The fourth-order valence-corrected chi connectivity index (χ4v) is 8.34. The summed E-state index contributed by atoms with van der Waals surface area (Å²) in [7, 11) is 7.41. The normalized spacial score (nSPS) is 18.0. The van der Waals surface area contributed by atoms with E-state index in [1.807, 2.05) is 48.5 Å². The second-order valence-electron chi connectivity index (χ2n) is 14.9. The molecule has 0 radical (unpaired) electrons. The van der Waals surface area contributed by atoms with Crippen molar-refractivity contribution >= 4 is 11.6 Å². The summed E-state index contributed by atoms with van der Waals surface area (Å²) in [5, 5.41) is 13.2. The molecule has 4 aliphatic heterocycles. The van der Waals surface area contributed by atoms with E-state index in [1.54, 1.807) is 20.3 Å². The highest BCUT2D eigenvalue weighted by molar-refractivity contribution is 6.06. The van der Waals surface area contributed by atoms with Gasteiger partial charge in [0, 0.05) is 42.0 Å². The van der Waals surface area contributed by atoms with E-state index in [2.05, 4.69) is 35.3 Å². The van der Waals surface area contributed by atoms with Crippen molar-refractivity contribution in [2.24, 2.45) is 0 Å². The number of amides is 1. The summed E-state index contributed by atoms with van der Waals surface area (Å²) < 4.78 is 65.1. The molecule has 4 heterocycles. The average molecular weight is 780 g/mol. The molecule has 1 amide bonds. The highest BCUT2D eigenvalue weighted by Crippen LogP contribution is 2.50. The Morgan fingerprint density at radius 3 is 2.18 bits per heavy atom. The molecule has 9 nitrogen and oxygen atoms in total. The van der Waals surface area contributed by atoms with E-state index in [-0.39, 0.29) is 29.9 Å². The molecule has 5 aromatic carbocycles. The first-order valence-electron chi connectivity index (χ1n) is 18.9. The van der Waals surface area contributed by atoms with Gasteiger partial charge in [0.15, 0.2) is 23.0 Å². The highest BCUT2D eigenvalue weighted by Gasteiger charge is 2.35. The molecule has 4 aliphatic rings. The number of likely N-dealkylation sites (N-methyl/N-ethyl adjacent to an activating group) is 2. The zero-order valence-electron chi connectivity index (χ0n) is 32.2. The van der Waals surface area contributed by atoms with Crippen molar-refractivity contribution in [3.05, 3.63) is 135 Å². The van der Waals surface area contributed by atoms with Crippen LogP contribution in [-0.4, -0.2) is 62.2 Å². The van der Waals surface area contributed by atoms with Crippen LogP contribution in [0.2, 0.25) is 0 Å². The largest absolute Gasteiger partial charge is 0.493 e. The van der Waals surface area contributed by atoms with Gasteiger partial charge in [0.1, 0.15) is 11.5 Å². The Labute approximate surface area is 329 Å². The van der Waals surface area contributed by atoms with Gasteiger partial charge in [0.2, 0.25) is 0 Å². The number of nitrogens with one attached hydrogen (secondary N) is 1. The molecular weight excluding hydrogens is 736 g/mol. The van der Waals surface area contributed by atoms with Gasteiger partial charge in [-0.15, -0.1) is 0 Å². The SMILES string of the molecule is COc1cc2c3cc1Oc1c(OC)c(CO)cc4c1[C@H](Cc1ccc(cc1)Oc1cc(ccc1C(=O)Nc1ccc(C(F)(F)F)cc1)C[C@H]3N(C)CC2)N(C)CC4. The number of fused-ring (bicyclic) bond motifs is 2. The fourth-order valence-electron chi connectivity index (χ4n) is 8.34. The Balaban J connectivity index is 1.25. The lowest BCUT2D eigenvalue weighted by atomic mass is 9.86. The van der Waals surface area contributed by atoms with Crippen molar-refractivity contribution in [3.8, 4) is 34.5 Å². The predicted molar refractivity (Wildman–Crippen MR) is 210 cm³/mol. The first-order chi connectivity index (χ1) is 27.4. The molecule has 5 aromatic rings. The van der Waals surface area contributed by atoms with Gasteiger partial charge >= 0.3 is 6.18 Å². The number of halogens is 3. The molecule has 57 heavy (non-hydrogen) atoms. The Hall–Kier alpha value is -5.56. The zero-order chi connectivity index (χ0) is 40.0. The highest BCUT2D eigenvalue weighted by atomic mass is 19.4. The van der Waals surface area contributed by atoms with Crippen LogP contribution in [0, 0.1) is 0 Å². The summed E-state index contributed by atoms with van der Waals surface area (Å²) in [5.74, 6) is 2.49. The summed E-state index contributed by atoms with van der Waals surface area (Å²) in [6.07, 6.45) is -1.72. The molecule has 6 bridgehead atoms. The van der Waals surface area contributed by atoms with Gasteiger partial charge in [-0.2, -0.15) is 13.2 Å². The predicted octanol–water partition coefficient (Wildman–Crippen LogP) is 8.91. The zero-order valence-corrected chi connectivity index (χ0v) is 32.2. The smallest absolute Gasteiger partial charge is 0.416 e. The number of methoxy groups -OCH3 is 2. The van der Waals surface area contributed by atoms with E-state index < -0.39 is 17.6 Å². The van der Waals surface area contributed by atoms with Crippen LogP contribution in [0.5, 0.6) is 34.5 Å². The van der Waals surface area contributed by atoms with Crippen LogP contribution < -0.4 is 24.3 Å². The second-order valence-corrected chi connectivity index (χ2v) is 14.9. The Bertz CT molecular complexity index is 2310. The van der Waals surface area contributed by atoms with Crippen molar-refractivity contribution in [1.82, 2.24) is 9.80 Å². The number of aliphatic hydroxyl groups excluding tert-OH is 1. The number of benzene rings is 5. The average Bonchev–Trinajstić information content (AvgIpc) is 3.20. The van der Waals surface area contributed by atoms with Gasteiger partial charge in [-0.3, -0.25) is 14.6 Å². The minimum atomic E-state index is -4.49. The molecule has 9 rings (SSSR count). The Morgan fingerprint density at radius 1 is 0.807 bits per heavy atom. The van der Waals surface area contributed by atoms with Gasteiger partial charge in [-0.05, 0) is 134 Å². The van der Waals surface area contributed by atoms with Crippen LogP contribution in [0.3, 0.4) is 0 Å². The Kier molecular flexibility index (Phi) is 10.4. The quantitative estimate of drug-likeness (QED) is 0.183. The molecule has 0 spiro atoms. The number of hydrogen-bond donors (Lipinski definition) is 2. The first-order valence-corrected chi connectivity index (χ1v) is 18.9. The molecule has 0 saturated heterocycles. The van der Waals surface area contributed by atoms with Crippen LogP contribution >= 0.6 is 0 Å². The van der Waals surface area contributed by atoms with Crippen LogP contribution in [0.1, 0.15) is 66.9 Å². The molecule has 0 aromatic heterocycles. The molecule has 0 fully saturated rings. The lowest BCUT2D eigenvalue weighted by molar-refractivity contribution is -0.137. The standard InChI is InChI=1S/C45H44F3N3O6/c1-50-17-15-28-23-39(54-3)40-24-35(28)36(50)20-27-7-14-34(44(53)49-32-10-8-31(9-11-32)45(46,47)48)38(21-27)56-33-12-5-26(6-13-33)19-37-41-29(16-18-51(37)2)22-30(25-52)42(55-4)43(41)57-40/h5-14,21-24,36-37,52H,15-20,25H2,1-4H3,(H,49,53)/t36-,37+/m1/s1. The molecule has 0 aliphatic carbocycles. The number of ether oxygens (including phenoxy) is 4. The van der Waals surface area contributed by atoms with Crippen LogP contribution in [0.25, 0.3) is 0 Å². The molecule has 0 unspecified atom stereocenters. The number of aliphatic hydroxyl groups is 1. The van der Waals surface area contributed by atoms with Gasteiger partial charge in [0.25, 0.3) is 5.91 Å². The topological polar surface area (TPSA) is 92.7 Å². The maximum Gasteiger partial charge on any atom is 0.416 e. The van der Waals surface area contributed by atoms with Crippen LogP contribution in [0.15, 0.2) is 84.9 Å². The number of alkyl halides is 3. The van der Waals surface area contributed by atoms with Crippen molar-refractivity contribution in [3.63, 3.8) is 0 Å². The van der Waals surface area contributed by atoms with E-state index >= 15 is 0 Å². The van der Waals surface area contributed by atoms with Crippen LogP contribution in [0.4, 0.5) is 18.9 Å². The summed E-state index contributed by atoms with van der Waals surface area (Å²) in [6, 6.07) is 23.5. The van der Waals surface area contributed by atoms with Gasteiger partial charge in [-0.1, -0.05) is 18.2 Å². The van der Waals surface area contributed by atoms with E-state index in [9.17, 15) is 23.1 Å². The third-order valence-corrected chi connectivity index (χ3v) is 11.4. The molecule has 0 saturated carbocycles. The number of anilines is 1. The van der Waals surface area contributed by atoms with Crippen LogP contribution in [-0.2, 0) is 38.5 Å². The second kappa shape index (κ2) is 15.4. The lowest BCUT2D eigenvalue weighted by Gasteiger charge is -2.37. The van der Waals surface area contributed by atoms with E-state index in [1.165, 1.54) is 12.1 Å². The van der Waals surface area contributed by atoms with Gasteiger partial charge in [-0.25, -0.2) is 0 Å². The van der Waals surface area contributed by atoms with Crippen molar-refractivity contribution in [1.29, 1.82) is 0 Å². The number of carbonyl (C=O) groups excluding carboxylic acids is 1. The summed E-state index contributed by atoms with van der Waals surface area (Å²) >= 11 is 0. The number of carbonyl (C=O) groups is 1. The minimum absolute atomic E-state index is 0.0849. The van der Waals surface area contributed by atoms with E-state index in [0.717, 1.165) is 71.4 Å². The molecule has 2 N–H and O–H groups in total. The number of hydrogen-bond acceptors (Lipinski definition) is 8. The van der Waals surface area contributed by atoms with Crippen molar-refractivity contribution in [2.45, 2.75) is 50.6 Å². The minimum Gasteiger partial charge on any atom is -0.493 e. The monoisotopic (exact) mass is 779 g/mol. The lowest BCUT2D eigenvalue weighted by Crippen LogP contribution is -2.34. The number of nitrogens with zero attached hydrogens (tertiary/aromatic N) is 2. The van der Waals surface area contributed by atoms with E-state index in [4.69, 9.17) is 18.9 Å². The van der Waals surface area contributed by atoms with Crippen molar-refractivity contribution in [2.75, 3.05) is 46.7 Å². The third kappa shape index (κ3) is 7.52. The summed E-state index contributed by atoms with van der Waals surface area (Å²) in [6.45, 7) is 1.40. The van der Waals surface area contributed by atoms with E-state index in [0.29, 0.717) is 52.9 Å². The summed E-state index contributed by atoms with van der Waals surface area (Å²) in [5.41, 5.74) is 6.55. The fraction of sp³-hybridized carbons (Fsp3) is 0.311. The van der Waals surface area contributed by atoms with Gasteiger partial charge in [0.05, 0.1) is 32.0 Å². The van der Waals surface area contributed by atoms with Gasteiger partial charge < -0.3 is 29.4 Å². The third-order valence-electron chi connectivity index (χ3n) is 11.4. The molecular formula is C45H44F3N3O6. The first kappa shape index (κ1) is 38.3. The maximum atomic E-state index is 13.7. The molecule has 296 valence electrons. The summed E-state index contributed by atoms with van der Waals surface area (Å²) in [4.78, 5) is 18.3. The number of rotatable bonds is 5. The molecule has 12 heteroatoms.